The summed E-state index contributed by atoms with van der Waals surface area (Å²) in [5.41, 5.74) is 0.462. The lowest BCUT2D eigenvalue weighted by Gasteiger charge is -2.37. The van der Waals surface area contributed by atoms with Crippen LogP contribution in [0.25, 0.3) is 0 Å². The van der Waals surface area contributed by atoms with Crippen LogP contribution in [0.2, 0.25) is 0 Å². The Hall–Kier alpha value is -1.90. The van der Waals surface area contributed by atoms with E-state index in [1.807, 2.05) is 26.8 Å². The van der Waals surface area contributed by atoms with E-state index in [4.69, 9.17) is 4.52 Å². The van der Waals surface area contributed by atoms with Crippen molar-refractivity contribution in [2.45, 2.75) is 45.4 Å². The van der Waals surface area contributed by atoms with Crippen molar-refractivity contribution < 1.29 is 22.5 Å². The number of ketones is 1. The van der Waals surface area contributed by atoms with Gasteiger partial charge < -0.3 is 14.3 Å². The zero-order chi connectivity index (χ0) is 20.5. The summed E-state index contributed by atoms with van der Waals surface area (Å²) in [6.45, 7) is 7.51. The van der Waals surface area contributed by atoms with Gasteiger partial charge in [-0.2, -0.15) is 0 Å². The molecule has 9 heteroatoms. The van der Waals surface area contributed by atoms with Gasteiger partial charge in [0.05, 0.1) is 23.6 Å². The highest BCUT2D eigenvalue weighted by Crippen LogP contribution is 2.25. The number of rotatable bonds is 3. The number of hydrogen-bond donors (Lipinski definition) is 0. The Morgan fingerprint density at radius 2 is 1.86 bits per heavy atom. The summed E-state index contributed by atoms with van der Waals surface area (Å²) in [6.07, 6.45) is 1.72. The van der Waals surface area contributed by atoms with Crippen LogP contribution in [0.4, 0.5) is 4.79 Å². The maximum Gasteiger partial charge on any atom is 0.320 e. The first-order chi connectivity index (χ1) is 13.0. The van der Waals surface area contributed by atoms with Crippen molar-refractivity contribution in [2.75, 3.05) is 37.7 Å². The Morgan fingerprint density at radius 1 is 1.18 bits per heavy atom. The summed E-state index contributed by atoms with van der Waals surface area (Å²) < 4.78 is 28.5. The summed E-state index contributed by atoms with van der Waals surface area (Å²) >= 11 is 0. The van der Waals surface area contributed by atoms with Crippen LogP contribution in [0.15, 0.2) is 10.6 Å². The van der Waals surface area contributed by atoms with Crippen molar-refractivity contribution >= 4 is 21.7 Å². The highest BCUT2D eigenvalue weighted by Gasteiger charge is 2.33. The first kappa shape index (κ1) is 20.8. The van der Waals surface area contributed by atoms with Crippen LogP contribution in [-0.4, -0.2) is 72.9 Å². The first-order valence-corrected chi connectivity index (χ1v) is 11.6. The van der Waals surface area contributed by atoms with Gasteiger partial charge in [0.2, 0.25) is 0 Å². The van der Waals surface area contributed by atoms with Gasteiger partial charge in [0.1, 0.15) is 11.5 Å². The minimum Gasteiger partial charge on any atom is -0.361 e. The molecular formula is C19H29N3O5S. The topological polar surface area (TPSA) is 101 Å². The van der Waals surface area contributed by atoms with Crippen molar-refractivity contribution in [1.29, 1.82) is 0 Å². The molecule has 2 aliphatic heterocycles. The van der Waals surface area contributed by atoms with Crippen molar-refractivity contribution in [2.24, 2.45) is 5.92 Å². The fourth-order valence-corrected chi connectivity index (χ4v) is 4.79. The van der Waals surface area contributed by atoms with Crippen molar-refractivity contribution in [3.63, 3.8) is 0 Å². The van der Waals surface area contributed by atoms with E-state index in [9.17, 15) is 18.0 Å². The van der Waals surface area contributed by atoms with Gasteiger partial charge in [-0.3, -0.25) is 4.79 Å². The Balaban J connectivity index is 1.57. The third-order valence-electron chi connectivity index (χ3n) is 5.42. The van der Waals surface area contributed by atoms with E-state index in [1.165, 1.54) is 0 Å². The Kier molecular flexibility index (Phi) is 5.84. The molecule has 2 aliphatic rings. The van der Waals surface area contributed by atoms with Gasteiger partial charge in [-0.15, -0.1) is 0 Å². The largest absolute Gasteiger partial charge is 0.361 e. The molecule has 0 aromatic carbocycles. The second-order valence-electron chi connectivity index (χ2n) is 8.78. The Morgan fingerprint density at radius 3 is 2.46 bits per heavy atom. The molecule has 1 aromatic rings. The number of carbonyl (C=O) groups is 2. The number of carbonyl (C=O) groups excluding carboxylic acids is 2. The molecule has 2 fully saturated rings. The standard InChI is InChI=1S/C19H29N3O5S/c1-19(2,3)17-12-15(20-27-17)11-16(23)14-5-4-6-22(13-14)18(24)21-7-9-28(25,26)10-8-21/h12,14H,4-11,13H2,1-3H3. The molecule has 0 N–H and O–H groups in total. The van der Waals surface area contributed by atoms with Crippen molar-refractivity contribution in [3.8, 4) is 0 Å². The average Bonchev–Trinajstić information content (AvgIpc) is 3.10. The lowest BCUT2D eigenvalue weighted by molar-refractivity contribution is -0.123. The zero-order valence-corrected chi connectivity index (χ0v) is 17.6. The van der Waals surface area contributed by atoms with Gasteiger partial charge in [0.15, 0.2) is 9.84 Å². The number of hydrogen-bond acceptors (Lipinski definition) is 6. The number of piperidine rings is 1. The maximum atomic E-state index is 12.7. The molecule has 0 bridgehead atoms. The molecule has 3 rings (SSSR count). The molecule has 0 saturated carbocycles. The molecule has 1 atom stereocenters. The number of Topliss-reactive ketones (excluding diaryl/α,β-unsaturated/α-hetero) is 1. The fourth-order valence-electron chi connectivity index (χ4n) is 3.59. The average molecular weight is 412 g/mol. The minimum absolute atomic E-state index is 0.0111. The van der Waals surface area contributed by atoms with Crippen molar-refractivity contribution in [3.05, 3.63) is 17.5 Å². The van der Waals surface area contributed by atoms with Gasteiger partial charge >= 0.3 is 6.03 Å². The first-order valence-electron chi connectivity index (χ1n) is 9.78. The maximum absolute atomic E-state index is 12.7. The fraction of sp³-hybridized carbons (Fsp3) is 0.737. The third kappa shape index (κ3) is 4.92. The molecule has 3 heterocycles. The Labute approximate surface area is 166 Å². The summed E-state index contributed by atoms with van der Waals surface area (Å²) in [5.74, 6) is 0.610. The van der Waals surface area contributed by atoms with Gasteiger partial charge in [-0.1, -0.05) is 25.9 Å². The zero-order valence-electron chi connectivity index (χ0n) is 16.8. The van der Waals surface area contributed by atoms with Gasteiger partial charge in [-0.25, -0.2) is 13.2 Å². The SMILES string of the molecule is CC(C)(C)c1cc(CC(=O)C2CCCN(C(=O)N3CCS(=O)(=O)CC3)C2)no1. The molecule has 28 heavy (non-hydrogen) atoms. The minimum atomic E-state index is -3.03. The molecule has 1 aromatic heterocycles. The Bertz CT molecular complexity index is 826. The quantitative estimate of drug-likeness (QED) is 0.750. The second kappa shape index (κ2) is 7.85. The summed E-state index contributed by atoms with van der Waals surface area (Å²) in [4.78, 5) is 28.7. The molecule has 0 radical (unpaired) electrons. The summed E-state index contributed by atoms with van der Waals surface area (Å²) in [5, 5.41) is 4.02. The van der Waals surface area contributed by atoms with E-state index in [1.54, 1.807) is 9.80 Å². The molecule has 1 unspecified atom stereocenters. The summed E-state index contributed by atoms with van der Waals surface area (Å²) in [7, 11) is -3.03. The number of nitrogens with zero attached hydrogens (tertiary/aromatic N) is 3. The molecule has 156 valence electrons. The molecule has 0 spiro atoms. The van der Waals surface area contributed by atoms with Crippen LogP contribution < -0.4 is 0 Å². The van der Waals surface area contributed by atoms with E-state index < -0.39 is 9.84 Å². The van der Waals surface area contributed by atoms with Crippen LogP contribution in [-0.2, 0) is 26.5 Å². The molecule has 0 aliphatic carbocycles. The van der Waals surface area contributed by atoms with Crippen LogP contribution in [0.1, 0.15) is 45.1 Å². The molecule has 2 amide bonds. The summed E-state index contributed by atoms with van der Waals surface area (Å²) in [6, 6.07) is 1.67. The monoisotopic (exact) mass is 411 g/mol. The second-order valence-corrected chi connectivity index (χ2v) is 11.1. The van der Waals surface area contributed by atoms with Gasteiger partial charge in [0, 0.05) is 43.6 Å². The van der Waals surface area contributed by atoms with E-state index in [0.717, 1.165) is 18.6 Å². The number of sulfone groups is 1. The molecular weight excluding hydrogens is 382 g/mol. The van der Waals surface area contributed by atoms with Gasteiger partial charge in [0.25, 0.3) is 0 Å². The van der Waals surface area contributed by atoms with Gasteiger partial charge in [-0.05, 0) is 12.8 Å². The molecule has 2 saturated heterocycles. The predicted molar refractivity (Wildman–Crippen MR) is 104 cm³/mol. The lowest BCUT2D eigenvalue weighted by atomic mass is 9.90. The van der Waals surface area contributed by atoms with Crippen LogP contribution in [0.3, 0.4) is 0 Å². The van der Waals surface area contributed by atoms with Crippen LogP contribution in [0, 0.1) is 5.92 Å². The van der Waals surface area contributed by atoms with Crippen LogP contribution >= 0.6 is 0 Å². The van der Waals surface area contributed by atoms with E-state index in [2.05, 4.69) is 5.16 Å². The third-order valence-corrected chi connectivity index (χ3v) is 7.02. The lowest BCUT2D eigenvalue weighted by Crippen LogP contribution is -2.52. The highest BCUT2D eigenvalue weighted by atomic mass is 32.2. The number of likely N-dealkylation sites (tertiary alicyclic amines) is 1. The van der Waals surface area contributed by atoms with Crippen molar-refractivity contribution in [1.82, 2.24) is 15.0 Å². The predicted octanol–water partition coefficient (Wildman–Crippen LogP) is 1.65. The molecule has 8 nitrogen and oxygen atoms in total. The van der Waals surface area contributed by atoms with E-state index >= 15 is 0 Å². The number of aromatic nitrogens is 1. The normalized spacial score (nSPS) is 22.9. The van der Waals surface area contributed by atoms with Crippen LogP contribution in [0.5, 0.6) is 0 Å². The number of amides is 2. The van der Waals surface area contributed by atoms with E-state index in [-0.39, 0.29) is 54.2 Å². The number of urea groups is 1. The highest BCUT2D eigenvalue weighted by molar-refractivity contribution is 7.91. The van der Waals surface area contributed by atoms with E-state index in [0.29, 0.717) is 18.8 Å². The smallest absolute Gasteiger partial charge is 0.320 e.